The van der Waals surface area contributed by atoms with Crippen LogP contribution in [0.3, 0.4) is 0 Å². The van der Waals surface area contributed by atoms with Crippen LogP contribution in [-0.4, -0.2) is 63.3 Å². The molecule has 1 fully saturated rings. The number of nitrogens with one attached hydrogen (secondary N) is 2. The Hall–Kier alpha value is -0.380. The number of methoxy groups -OCH3 is 1. The molecular weight excluding hydrogens is 459 g/mol. The van der Waals surface area contributed by atoms with Crippen LogP contribution in [0.1, 0.15) is 31.6 Å². The van der Waals surface area contributed by atoms with Crippen LogP contribution < -0.4 is 10.6 Å². The van der Waals surface area contributed by atoms with Gasteiger partial charge in [-0.3, -0.25) is 9.89 Å². The Bertz CT molecular complexity index is 498. The number of nitrogens with zero attached hydrogens (tertiary/aromatic N) is 2. The van der Waals surface area contributed by atoms with E-state index in [2.05, 4.69) is 46.9 Å². The second kappa shape index (κ2) is 13.7. The topological polar surface area (TPSA) is 48.9 Å². The molecule has 0 radical (unpaired) electrons. The summed E-state index contributed by atoms with van der Waals surface area (Å²) in [5.74, 6) is 1.50. The number of likely N-dealkylation sites (tertiary alicyclic amines) is 1. The van der Waals surface area contributed by atoms with Crippen LogP contribution in [0.4, 0.5) is 0 Å². The van der Waals surface area contributed by atoms with Gasteiger partial charge < -0.3 is 15.4 Å². The molecule has 1 aliphatic heterocycles. The maximum atomic E-state index is 5.23. The molecule has 2 heterocycles. The lowest BCUT2D eigenvalue weighted by molar-refractivity contribution is 0.141. The summed E-state index contributed by atoms with van der Waals surface area (Å²) < 4.78 is 5.23. The van der Waals surface area contributed by atoms with Crippen molar-refractivity contribution in [1.82, 2.24) is 15.5 Å². The van der Waals surface area contributed by atoms with E-state index >= 15 is 0 Å². The Labute approximate surface area is 180 Å². The molecule has 0 amide bonds. The second-order valence-corrected chi connectivity index (χ2v) is 7.85. The lowest BCUT2D eigenvalue weighted by atomic mass is 10.1. The van der Waals surface area contributed by atoms with Gasteiger partial charge in [0.15, 0.2) is 5.96 Å². The van der Waals surface area contributed by atoms with E-state index in [-0.39, 0.29) is 24.0 Å². The SMILES string of the molecule is CCNC(=NCC(C)Cc1cccs1)NCC1CCCN1CCOC.I. The van der Waals surface area contributed by atoms with Gasteiger partial charge in [0.25, 0.3) is 0 Å². The number of ether oxygens (including phenoxy) is 1. The van der Waals surface area contributed by atoms with E-state index in [0.29, 0.717) is 12.0 Å². The fraction of sp³-hybridized carbons (Fsp3) is 0.737. The van der Waals surface area contributed by atoms with Crippen LogP contribution in [0.15, 0.2) is 22.5 Å². The van der Waals surface area contributed by atoms with Crippen molar-refractivity contribution in [3.8, 4) is 0 Å². The number of rotatable bonds is 10. The predicted molar refractivity (Wildman–Crippen MR) is 123 cm³/mol. The Morgan fingerprint density at radius 1 is 1.46 bits per heavy atom. The molecular formula is C19H35IN4OS. The fourth-order valence-corrected chi connectivity index (χ4v) is 4.14. The summed E-state index contributed by atoms with van der Waals surface area (Å²) in [5, 5.41) is 9.07. The van der Waals surface area contributed by atoms with Gasteiger partial charge in [0.1, 0.15) is 0 Å². The van der Waals surface area contributed by atoms with Crippen LogP contribution in [-0.2, 0) is 11.2 Å². The van der Waals surface area contributed by atoms with Crippen LogP contribution in [0.25, 0.3) is 0 Å². The van der Waals surface area contributed by atoms with Crippen molar-refractivity contribution in [2.45, 2.75) is 39.2 Å². The zero-order valence-electron chi connectivity index (χ0n) is 16.4. The molecule has 150 valence electrons. The third kappa shape index (κ3) is 8.54. The molecule has 26 heavy (non-hydrogen) atoms. The minimum Gasteiger partial charge on any atom is -0.383 e. The average molecular weight is 494 g/mol. The van der Waals surface area contributed by atoms with Crippen molar-refractivity contribution in [3.05, 3.63) is 22.4 Å². The lowest BCUT2D eigenvalue weighted by Gasteiger charge is -2.25. The number of halogens is 1. The molecule has 0 aromatic carbocycles. The molecule has 0 saturated carbocycles. The van der Waals surface area contributed by atoms with Crippen molar-refractivity contribution < 1.29 is 4.74 Å². The molecule has 0 aliphatic carbocycles. The first-order valence-corrected chi connectivity index (χ1v) is 10.4. The number of aliphatic imine (C=N–C) groups is 1. The normalized spacial score (nSPS) is 19.2. The van der Waals surface area contributed by atoms with Crippen LogP contribution >= 0.6 is 35.3 Å². The Balaban J connectivity index is 0.00000338. The number of thiophene rings is 1. The monoisotopic (exact) mass is 494 g/mol. The smallest absolute Gasteiger partial charge is 0.191 e. The predicted octanol–water partition coefficient (Wildman–Crippen LogP) is 3.21. The zero-order valence-corrected chi connectivity index (χ0v) is 19.5. The first-order chi connectivity index (χ1) is 12.2. The molecule has 2 rings (SSSR count). The van der Waals surface area contributed by atoms with Crippen molar-refractivity contribution in [1.29, 1.82) is 0 Å². The van der Waals surface area contributed by atoms with Crippen molar-refractivity contribution >= 4 is 41.3 Å². The van der Waals surface area contributed by atoms with Gasteiger partial charge in [0, 0.05) is 44.2 Å². The van der Waals surface area contributed by atoms with Gasteiger partial charge in [-0.15, -0.1) is 35.3 Å². The van der Waals surface area contributed by atoms with E-state index < -0.39 is 0 Å². The molecule has 0 bridgehead atoms. The highest BCUT2D eigenvalue weighted by Gasteiger charge is 2.23. The van der Waals surface area contributed by atoms with Gasteiger partial charge in [-0.05, 0) is 50.1 Å². The third-order valence-corrected chi connectivity index (χ3v) is 5.52. The van der Waals surface area contributed by atoms with Gasteiger partial charge in [-0.1, -0.05) is 13.0 Å². The molecule has 2 unspecified atom stereocenters. The molecule has 1 aromatic rings. The van der Waals surface area contributed by atoms with E-state index in [1.165, 1.54) is 24.3 Å². The Morgan fingerprint density at radius 2 is 2.31 bits per heavy atom. The van der Waals surface area contributed by atoms with Crippen molar-refractivity contribution in [2.75, 3.05) is 46.4 Å². The Morgan fingerprint density at radius 3 is 3.00 bits per heavy atom. The van der Waals surface area contributed by atoms with Gasteiger partial charge in [-0.25, -0.2) is 0 Å². The molecule has 1 aromatic heterocycles. The van der Waals surface area contributed by atoms with E-state index in [9.17, 15) is 0 Å². The van der Waals surface area contributed by atoms with E-state index in [4.69, 9.17) is 9.73 Å². The van der Waals surface area contributed by atoms with E-state index in [1.54, 1.807) is 7.11 Å². The minimum absolute atomic E-state index is 0. The summed E-state index contributed by atoms with van der Waals surface area (Å²) in [6.45, 7) is 10.1. The molecule has 2 N–H and O–H groups in total. The molecule has 7 heteroatoms. The molecule has 5 nitrogen and oxygen atoms in total. The van der Waals surface area contributed by atoms with Crippen molar-refractivity contribution in [3.63, 3.8) is 0 Å². The first-order valence-electron chi connectivity index (χ1n) is 9.50. The lowest BCUT2D eigenvalue weighted by Crippen LogP contribution is -2.45. The highest BCUT2D eigenvalue weighted by atomic mass is 127. The second-order valence-electron chi connectivity index (χ2n) is 6.81. The first kappa shape index (κ1) is 23.7. The standard InChI is InChI=1S/C19H34N4OS.HI/c1-4-20-19(21-14-16(2)13-18-8-6-12-25-18)22-15-17-7-5-9-23(17)10-11-24-3;/h6,8,12,16-17H,4-5,7,9-11,13-15H2,1-3H3,(H2,20,21,22);1H. The highest BCUT2D eigenvalue weighted by molar-refractivity contribution is 14.0. The van der Waals surface area contributed by atoms with Gasteiger partial charge in [-0.2, -0.15) is 0 Å². The summed E-state index contributed by atoms with van der Waals surface area (Å²) >= 11 is 1.83. The zero-order chi connectivity index (χ0) is 17.9. The van der Waals surface area contributed by atoms with Gasteiger partial charge in [0.05, 0.1) is 6.61 Å². The van der Waals surface area contributed by atoms with Crippen LogP contribution in [0.5, 0.6) is 0 Å². The molecule has 1 aliphatic rings. The molecule has 2 atom stereocenters. The average Bonchev–Trinajstić information content (AvgIpc) is 3.27. The quantitative estimate of drug-likeness (QED) is 0.298. The Kier molecular flexibility index (Phi) is 12.5. The third-order valence-electron chi connectivity index (χ3n) is 4.62. The maximum Gasteiger partial charge on any atom is 0.191 e. The van der Waals surface area contributed by atoms with E-state index in [1.807, 2.05) is 11.3 Å². The highest BCUT2D eigenvalue weighted by Crippen LogP contribution is 2.16. The van der Waals surface area contributed by atoms with Gasteiger partial charge >= 0.3 is 0 Å². The summed E-state index contributed by atoms with van der Waals surface area (Å²) in [5.41, 5.74) is 0. The summed E-state index contributed by atoms with van der Waals surface area (Å²) in [6, 6.07) is 4.92. The maximum absolute atomic E-state index is 5.23. The largest absolute Gasteiger partial charge is 0.383 e. The summed E-state index contributed by atoms with van der Waals surface area (Å²) in [6.07, 6.45) is 3.64. The summed E-state index contributed by atoms with van der Waals surface area (Å²) in [7, 11) is 1.77. The number of hydrogen-bond donors (Lipinski definition) is 2. The minimum atomic E-state index is 0. The van der Waals surface area contributed by atoms with Crippen LogP contribution in [0, 0.1) is 5.92 Å². The van der Waals surface area contributed by atoms with Crippen LogP contribution in [0.2, 0.25) is 0 Å². The molecule has 0 spiro atoms. The molecule has 1 saturated heterocycles. The van der Waals surface area contributed by atoms with Gasteiger partial charge in [0.2, 0.25) is 0 Å². The number of hydrogen-bond acceptors (Lipinski definition) is 4. The van der Waals surface area contributed by atoms with E-state index in [0.717, 1.165) is 45.2 Å². The summed E-state index contributed by atoms with van der Waals surface area (Å²) in [4.78, 5) is 8.77. The number of guanidine groups is 1. The van der Waals surface area contributed by atoms with Crippen molar-refractivity contribution in [2.24, 2.45) is 10.9 Å². The fourth-order valence-electron chi connectivity index (χ4n) is 3.27.